The van der Waals surface area contributed by atoms with E-state index in [4.69, 9.17) is 51.8 Å². The van der Waals surface area contributed by atoms with Crippen molar-refractivity contribution in [2.45, 2.75) is 16.4 Å². The summed E-state index contributed by atoms with van der Waals surface area (Å²) < 4.78 is 3.23. The fraction of sp³-hybridized carbons (Fsp3) is 0.182. The summed E-state index contributed by atoms with van der Waals surface area (Å²) >= 11 is 23.5. The molecule has 178 valence electrons. The monoisotopic (exact) mass is 540 g/mol. The average Bonchev–Trinajstić information content (AvgIpc) is 2.78. The highest BCUT2D eigenvalue weighted by Gasteiger charge is 2.34. The lowest BCUT2D eigenvalue weighted by atomic mass is 10.0. The topological polar surface area (TPSA) is 106 Å². The van der Waals surface area contributed by atoms with E-state index in [0.717, 1.165) is 16.3 Å². The second-order valence-corrected chi connectivity index (χ2v) is 9.87. The molecule has 34 heavy (non-hydrogen) atoms. The van der Waals surface area contributed by atoms with Crippen molar-refractivity contribution >= 4 is 80.2 Å². The third-order valence-electron chi connectivity index (χ3n) is 4.78. The summed E-state index contributed by atoms with van der Waals surface area (Å²) in [4.78, 5) is 23.3. The van der Waals surface area contributed by atoms with Crippen LogP contribution in [0.3, 0.4) is 0 Å². The van der Waals surface area contributed by atoms with Crippen LogP contribution in [0.4, 0.5) is 11.4 Å². The van der Waals surface area contributed by atoms with Crippen LogP contribution in [0.2, 0.25) is 0 Å². The number of alkyl halides is 3. The number of nitrogens with one attached hydrogen (secondary N) is 3. The van der Waals surface area contributed by atoms with Gasteiger partial charge in [0.15, 0.2) is 5.11 Å². The second kappa shape index (κ2) is 11.1. The first-order valence-electron chi connectivity index (χ1n) is 9.81. The Morgan fingerprint density at radius 3 is 2.50 bits per heavy atom. The summed E-state index contributed by atoms with van der Waals surface area (Å²) in [7, 11) is 1.40. The Balaban J connectivity index is 1.73. The number of methoxy groups -OCH3 is 1. The Morgan fingerprint density at radius 2 is 1.82 bits per heavy atom. The van der Waals surface area contributed by atoms with Crippen molar-refractivity contribution in [2.75, 3.05) is 12.4 Å². The van der Waals surface area contributed by atoms with Crippen LogP contribution >= 0.6 is 47.0 Å². The molecule has 1 atom stereocenters. The van der Waals surface area contributed by atoms with E-state index in [1.54, 1.807) is 0 Å². The first-order chi connectivity index (χ1) is 16.1. The van der Waals surface area contributed by atoms with Gasteiger partial charge in [0, 0.05) is 12.1 Å². The van der Waals surface area contributed by atoms with Gasteiger partial charge in [0.1, 0.15) is 11.9 Å². The number of anilines is 1. The fourth-order valence-electron chi connectivity index (χ4n) is 3.23. The van der Waals surface area contributed by atoms with Crippen molar-refractivity contribution in [3.05, 3.63) is 76.3 Å². The number of halogens is 3. The van der Waals surface area contributed by atoms with Crippen LogP contribution in [-0.2, 0) is 11.2 Å². The Kier molecular flexibility index (Phi) is 8.37. The number of non-ortho nitro benzene ring substituents is 1. The third-order valence-corrected chi connectivity index (χ3v) is 5.66. The van der Waals surface area contributed by atoms with Crippen molar-refractivity contribution < 1.29 is 14.5 Å². The van der Waals surface area contributed by atoms with E-state index in [1.807, 2.05) is 42.5 Å². The quantitative estimate of drug-likeness (QED) is 0.126. The number of fused-ring (bicyclic) bond motifs is 1. The highest BCUT2D eigenvalue weighted by molar-refractivity contribution is 7.80. The molecule has 0 fully saturated rings. The second-order valence-electron chi connectivity index (χ2n) is 7.10. The summed E-state index contributed by atoms with van der Waals surface area (Å²) in [6.07, 6.45) is -1.16. The van der Waals surface area contributed by atoms with E-state index in [2.05, 4.69) is 16.0 Å². The number of amides is 1. The molecule has 0 aromatic heterocycles. The normalized spacial score (nSPS) is 12.0. The largest absolute Gasteiger partial charge is 0.495 e. The van der Waals surface area contributed by atoms with Crippen LogP contribution in [-0.4, -0.2) is 33.0 Å². The van der Waals surface area contributed by atoms with Crippen LogP contribution in [0, 0.1) is 10.1 Å². The van der Waals surface area contributed by atoms with Gasteiger partial charge in [0.05, 0.1) is 24.1 Å². The molecule has 0 spiro atoms. The van der Waals surface area contributed by atoms with Gasteiger partial charge in [0.2, 0.25) is 9.70 Å². The van der Waals surface area contributed by atoms with Crippen LogP contribution < -0.4 is 20.7 Å². The van der Waals surface area contributed by atoms with Gasteiger partial charge in [-0.2, -0.15) is 0 Å². The van der Waals surface area contributed by atoms with Gasteiger partial charge < -0.3 is 20.7 Å². The van der Waals surface area contributed by atoms with Gasteiger partial charge in [0.25, 0.3) is 5.69 Å². The SMILES string of the molecule is COc1ccc([N+](=O)[O-])cc1NC(=S)NC(NC(=O)Cc1cccc2ccccc12)C(Cl)(Cl)Cl. The third kappa shape index (κ3) is 6.60. The van der Waals surface area contributed by atoms with Gasteiger partial charge >= 0.3 is 0 Å². The van der Waals surface area contributed by atoms with Crippen molar-refractivity contribution in [3.63, 3.8) is 0 Å². The summed E-state index contributed by atoms with van der Waals surface area (Å²) in [6.45, 7) is 0. The summed E-state index contributed by atoms with van der Waals surface area (Å²) in [5.74, 6) is -0.101. The molecule has 3 N–H and O–H groups in total. The number of hydrogen-bond acceptors (Lipinski definition) is 5. The predicted molar refractivity (Wildman–Crippen MR) is 139 cm³/mol. The van der Waals surface area contributed by atoms with Crippen LogP contribution in [0.5, 0.6) is 5.75 Å². The molecule has 1 unspecified atom stereocenters. The molecule has 12 heteroatoms. The minimum atomic E-state index is -1.97. The molecule has 0 radical (unpaired) electrons. The Hall–Kier alpha value is -2.85. The van der Waals surface area contributed by atoms with Crippen LogP contribution in [0.1, 0.15) is 5.56 Å². The highest BCUT2D eigenvalue weighted by Crippen LogP contribution is 2.31. The summed E-state index contributed by atoms with van der Waals surface area (Å²) in [5.41, 5.74) is 0.854. The number of ether oxygens (including phenoxy) is 1. The Labute approximate surface area is 215 Å². The van der Waals surface area contributed by atoms with Gasteiger partial charge in [-0.05, 0) is 34.6 Å². The maximum Gasteiger partial charge on any atom is 0.271 e. The first-order valence-corrected chi connectivity index (χ1v) is 11.4. The lowest BCUT2D eigenvalue weighted by Crippen LogP contribution is -2.56. The first kappa shape index (κ1) is 25.8. The molecule has 3 aromatic rings. The number of thiocarbonyl (C=S) groups is 1. The number of carbonyl (C=O) groups is 1. The number of nitro benzene ring substituents is 1. The Bertz CT molecular complexity index is 1230. The molecule has 0 saturated carbocycles. The standard InChI is InChI=1S/C22H19Cl3N4O4S/c1-33-18-10-9-15(29(31)32)12-17(18)26-21(34)28-20(22(23,24)25)27-19(30)11-14-7-4-6-13-5-2-3-8-16(13)14/h2-10,12,20H,11H2,1H3,(H,27,30)(H2,26,28,34). The average molecular weight is 542 g/mol. The highest BCUT2D eigenvalue weighted by atomic mass is 35.6. The number of nitrogens with zero attached hydrogens (tertiary/aromatic N) is 1. The summed E-state index contributed by atoms with van der Waals surface area (Å²) in [6, 6.07) is 17.3. The number of benzene rings is 3. The number of rotatable bonds is 7. The van der Waals surface area contributed by atoms with Crippen molar-refractivity contribution in [1.82, 2.24) is 10.6 Å². The van der Waals surface area contributed by atoms with Gasteiger partial charge in [-0.25, -0.2) is 0 Å². The van der Waals surface area contributed by atoms with Crippen molar-refractivity contribution in [1.29, 1.82) is 0 Å². The lowest BCUT2D eigenvalue weighted by molar-refractivity contribution is -0.384. The fourth-order valence-corrected chi connectivity index (χ4v) is 3.78. The van der Waals surface area contributed by atoms with Gasteiger partial charge in [-0.3, -0.25) is 14.9 Å². The summed E-state index contributed by atoms with van der Waals surface area (Å²) in [5, 5.41) is 21.1. The molecular weight excluding hydrogens is 523 g/mol. The molecule has 0 saturated heterocycles. The molecule has 3 aromatic carbocycles. The van der Waals surface area contributed by atoms with Gasteiger partial charge in [-0.15, -0.1) is 0 Å². The molecule has 3 rings (SSSR count). The maximum atomic E-state index is 12.8. The number of hydrogen-bond donors (Lipinski definition) is 3. The number of nitro groups is 1. The lowest BCUT2D eigenvalue weighted by Gasteiger charge is -2.28. The minimum absolute atomic E-state index is 0.0408. The predicted octanol–water partition coefficient (Wildman–Crippen LogP) is 5.10. The van der Waals surface area contributed by atoms with E-state index in [0.29, 0.717) is 5.75 Å². The maximum absolute atomic E-state index is 12.8. The van der Waals surface area contributed by atoms with Crippen LogP contribution in [0.15, 0.2) is 60.7 Å². The van der Waals surface area contributed by atoms with Gasteiger partial charge in [-0.1, -0.05) is 77.3 Å². The molecule has 0 aliphatic heterocycles. The molecule has 1 amide bonds. The molecular formula is C22H19Cl3N4O4S. The zero-order valence-corrected chi connectivity index (χ0v) is 20.8. The molecule has 0 aliphatic carbocycles. The smallest absolute Gasteiger partial charge is 0.271 e. The van der Waals surface area contributed by atoms with E-state index < -0.39 is 20.8 Å². The minimum Gasteiger partial charge on any atom is -0.495 e. The molecule has 0 aliphatic rings. The van der Waals surface area contributed by atoms with E-state index >= 15 is 0 Å². The van der Waals surface area contributed by atoms with E-state index in [1.165, 1.54) is 25.3 Å². The number of carbonyl (C=O) groups excluding carboxylic acids is 1. The molecule has 0 heterocycles. The van der Waals surface area contributed by atoms with E-state index in [-0.39, 0.29) is 22.9 Å². The van der Waals surface area contributed by atoms with Crippen LogP contribution in [0.25, 0.3) is 10.8 Å². The molecule has 0 bridgehead atoms. The van der Waals surface area contributed by atoms with Crippen molar-refractivity contribution in [2.24, 2.45) is 0 Å². The molecule has 8 nitrogen and oxygen atoms in total. The zero-order valence-electron chi connectivity index (χ0n) is 17.7. The Morgan fingerprint density at radius 1 is 1.12 bits per heavy atom. The zero-order chi connectivity index (χ0) is 24.9. The van der Waals surface area contributed by atoms with E-state index in [9.17, 15) is 14.9 Å². The van der Waals surface area contributed by atoms with Crippen molar-refractivity contribution in [3.8, 4) is 5.75 Å².